The molecule has 0 radical (unpaired) electrons. The number of aromatic nitrogens is 3. The van der Waals surface area contributed by atoms with Gasteiger partial charge in [0.1, 0.15) is 22.9 Å². The van der Waals surface area contributed by atoms with Crippen LogP contribution in [-0.4, -0.2) is 20.7 Å². The fraction of sp³-hybridized carbons (Fsp3) is 0.0400. The molecule has 4 aromatic heterocycles. The summed E-state index contributed by atoms with van der Waals surface area (Å²) in [5.74, 6) is -0.529. The summed E-state index contributed by atoms with van der Waals surface area (Å²) in [6.07, 6.45) is 6.66. The highest BCUT2D eigenvalue weighted by Gasteiger charge is 2.19. The van der Waals surface area contributed by atoms with Crippen LogP contribution in [0.5, 0.6) is 0 Å². The van der Waals surface area contributed by atoms with Crippen LogP contribution >= 0.6 is 11.6 Å². The molecule has 5 rings (SSSR count). The molecular formula is C25H17ClFN5O2. The summed E-state index contributed by atoms with van der Waals surface area (Å²) in [4.78, 5) is 25.5. The smallest absolute Gasteiger partial charge is 0.215 e. The van der Waals surface area contributed by atoms with Crippen LogP contribution in [0.3, 0.4) is 0 Å². The lowest BCUT2D eigenvalue weighted by atomic mass is 10.0. The van der Waals surface area contributed by atoms with Crippen LogP contribution in [0.15, 0.2) is 77.7 Å². The van der Waals surface area contributed by atoms with E-state index in [1.165, 1.54) is 12.1 Å². The predicted molar refractivity (Wildman–Crippen MR) is 129 cm³/mol. The highest BCUT2D eigenvalue weighted by Crippen LogP contribution is 2.39. The van der Waals surface area contributed by atoms with Crippen LogP contribution in [0.2, 0.25) is 5.02 Å². The zero-order valence-electron chi connectivity index (χ0n) is 17.6. The Balaban J connectivity index is 1.50. The van der Waals surface area contributed by atoms with Crippen molar-refractivity contribution in [1.29, 1.82) is 0 Å². The Hall–Kier alpha value is -4.30. The van der Waals surface area contributed by atoms with Crippen LogP contribution in [0.1, 0.15) is 16.1 Å². The van der Waals surface area contributed by atoms with Crippen molar-refractivity contribution in [2.75, 3.05) is 11.1 Å². The molecule has 0 aliphatic heterocycles. The highest BCUT2D eigenvalue weighted by molar-refractivity contribution is 6.31. The van der Waals surface area contributed by atoms with E-state index in [-0.39, 0.29) is 23.1 Å². The lowest BCUT2D eigenvalue weighted by molar-refractivity contribution is 0.0988. The summed E-state index contributed by atoms with van der Waals surface area (Å²) in [5, 5.41) is 3.78. The number of ketones is 1. The monoisotopic (exact) mass is 473 g/mol. The molecule has 168 valence electrons. The van der Waals surface area contributed by atoms with Gasteiger partial charge < -0.3 is 15.5 Å². The van der Waals surface area contributed by atoms with Crippen molar-refractivity contribution >= 4 is 45.6 Å². The van der Waals surface area contributed by atoms with Gasteiger partial charge in [-0.05, 0) is 48.0 Å². The van der Waals surface area contributed by atoms with Gasteiger partial charge >= 0.3 is 0 Å². The largest absolute Gasteiger partial charge is 0.436 e. The van der Waals surface area contributed by atoms with Crippen molar-refractivity contribution in [3.63, 3.8) is 0 Å². The molecule has 34 heavy (non-hydrogen) atoms. The Kier molecular flexibility index (Phi) is 5.65. The van der Waals surface area contributed by atoms with E-state index in [9.17, 15) is 9.18 Å². The number of nitrogens with two attached hydrogens (primary N) is 1. The number of hydrogen-bond donors (Lipinski definition) is 2. The molecule has 0 atom stereocenters. The van der Waals surface area contributed by atoms with Crippen molar-refractivity contribution in [3.8, 4) is 11.3 Å². The Labute approximate surface area is 198 Å². The minimum Gasteiger partial charge on any atom is -0.436 e. The molecule has 0 spiro atoms. The Morgan fingerprint density at radius 3 is 2.74 bits per heavy atom. The highest BCUT2D eigenvalue weighted by atomic mass is 35.5. The number of carbonyl (C=O) groups excluding carboxylic acids is 1. The molecule has 7 nitrogen and oxygen atoms in total. The number of fused-ring (bicyclic) bond motifs is 1. The number of hydrogen-bond acceptors (Lipinski definition) is 7. The second-order valence-corrected chi connectivity index (χ2v) is 7.93. The SMILES string of the molecule is Nc1oc2c(-c3ccnc(C(=O)Cc4cccnc4)c3)nccc2c1Nc1ccc(F)c(Cl)c1. The minimum atomic E-state index is -0.518. The summed E-state index contributed by atoms with van der Waals surface area (Å²) < 4.78 is 19.4. The Morgan fingerprint density at radius 1 is 1.09 bits per heavy atom. The fourth-order valence-electron chi connectivity index (χ4n) is 3.60. The summed E-state index contributed by atoms with van der Waals surface area (Å²) in [7, 11) is 0. The first kappa shape index (κ1) is 21.5. The summed E-state index contributed by atoms with van der Waals surface area (Å²) in [6, 6.07) is 13.1. The number of rotatable bonds is 6. The van der Waals surface area contributed by atoms with Crippen LogP contribution in [0.4, 0.5) is 21.6 Å². The average molecular weight is 474 g/mol. The zero-order chi connectivity index (χ0) is 23.7. The molecular weight excluding hydrogens is 457 g/mol. The first-order valence-electron chi connectivity index (χ1n) is 10.3. The number of benzene rings is 1. The van der Waals surface area contributed by atoms with Gasteiger partial charge in [-0.15, -0.1) is 0 Å². The van der Waals surface area contributed by atoms with Gasteiger partial charge in [0.05, 0.1) is 10.4 Å². The van der Waals surface area contributed by atoms with E-state index in [0.717, 1.165) is 5.56 Å². The first-order chi connectivity index (χ1) is 16.5. The van der Waals surface area contributed by atoms with Gasteiger partial charge in [0, 0.05) is 42.5 Å². The van der Waals surface area contributed by atoms with Crippen molar-refractivity contribution in [3.05, 3.63) is 95.4 Å². The number of nitrogens with zero attached hydrogens (tertiary/aromatic N) is 3. The van der Waals surface area contributed by atoms with Gasteiger partial charge in [0.15, 0.2) is 11.4 Å². The maximum Gasteiger partial charge on any atom is 0.215 e. The third-order valence-corrected chi connectivity index (χ3v) is 5.52. The molecule has 0 unspecified atom stereocenters. The molecule has 1 aromatic carbocycles. The third kappa shape index (κ3) is 4.18. The lowest BCUT2D eigenvalue weighted by Gasteiger charge is -2.07. The molecule has 0 fully saturated rings. The second kappa shape index (κ2) is 8.92. The van der Waals surface area contributed by atoms with Crippen LogP contribution in [0, 0.1) is 5.82 Å². The van der Waals surface area contributed by atoms with E-state index in [4.69, 9.17) is 21.8 Å². The molecule has 9 heteroatoms. The first-order valence-corrected chi connectivity index (χ1v) is 10.6. The zero-order valence-corrected chi connectivity index (χ0v) is 18.4. The second-order valence-electron chi connectivity index (χ2n) is 7.52. The number of nitrogen functional groups attached to an aromatic ring is 1. The van der Waals surface area contributed by atoms with Crippen molar-refractivity contribution in [2.45, 2.75) is 6.42 Å². The van der Waals surface area contributed by atoms with Crippen LogP contribution in [0.25, 0.3) is 22.2 Å². The topological polar surface area (TPSA) is 107 Å². The molecule has 0 amide bonds. The molecule has 0 saturated heterocycles. The number of Topliss-reactive ketones (excluding diaryl/α,β-unsaturated/α-hetero) is 1. The van der Waals surface area contributed by atoms with Crippen molar-refractivity contribution < 1.29 is 13.6 Å². The third-order valence-electron chi connectivity index (χ3n) is 5.23. The van der Waals surface area contributed by atoms with E-state index in [0.29, 0.717) is 39.3 Å². The Bertz CT molecular complexity index is 1520. The number of furan rings is 1. The standard InChI is InChI=1S/C25H17ClFN5O2/c26-18-12-16(3-4-19(18)27)32-23-17-6-9-31-22(24(17)34-25(23)28)15-5-8-30-20(11-15)21(33)10-14-2-1-7-29-13-14/h1-9,11-13,32H,10,28H2. The van der Waals surface area contributed by atoms with Gasteiger partial charge in [0.25, 0.3) is 0 Å². The van der Waals surface area contributed by atoms with Crippen molar-refractivity contribution in [2.24, 2.45) is 0 Å². The van der Waals surface area contributed by atoms with Gasteiger partial charge in [0.2, 0.25) is 5.88 Å². The van der Waals surface area contributed by atoms with Crippen molar-refractivity contribution in [1.82, 2.24) is 15.0 Å². The summed E-state index contributed by atoms with van der Waals surface area (Å²) >= 11 is 5.89. The molecule has 0 aliphatic carbocycles. The minimum absolute atomic E-state index is 0.0148. The quantitative estimate of drug-likeness (QED) is 0.299. The van der Waals surface area contributed by atoms with E-state index < -0.39 is 5.82 Å². The van der Waals surface area contributed by atoms with Gasteiger partial charge in [-0.1, -0.05) is 17.7 Å². The van der Waals surface area contributed by atoms with E-state index in [1.54, 1.807) is 55.1 Å². The fourth-order valence-corrected chi connectivity index (χ4v) is 3.78. The predicted octanol–water partition coefficient (Wildman–Crippen LogP) is 5.83. The maximum absolute atomic E-state index is 13.5. The van der Waals surface area contributed by atoms with Crippen LogP contribution < -0.4 is 11.1 Å². The van der Waals surface area contributed by atoms with Gasteiger partial charge in [-0.3, -0.25) is 19.7 Å². The Morgan fingerprint density at radius 2 is 1.94 bits per heavy atom. The molecule has 0 saturated carbocycles. The summed E-state index contributed by atoms with van der Waals surface area (Å²) in [5.41, 5.74) is 9.90. The van der Waals surface area contributed by atoms with Crippen LogP contribution in [-0.2, 0) is 6.42 Å². The molecule has 3 N–H and O–H groups in total. The molecule has 4 heterocycles. The molecule has 0 aliphatic rings. The molecule has 5 aromatic rings. The lowest BCUT2D eigenvalue weighted by Crippen LogP contribution is -2.06. The number of pyridine rings is 3. The van der Waals surface area contributed by atoms with Gasteiger partial charge in [-0.2, -0.15) is 0 Å². The van der Waals surface area contributed by atoms with E-state index in [1.807, 2.05) is 6.07 Å². The number of halogens is 2. The van der Waals surface area contributed by atoms with E-state index in [2.05, 4.69) is 20.3 Å². The van der Waals surface area contributed by atoms with E-state index >= 15 is 0 Å². The summed E-state index contributed by atoms with van der Waals surface area (Å²) in [6.45, 7) is 0. The number of anilines is 3. The normalized spacial score (nSPS) is 11.0. The average Bonchev–Trinajstić information content (AvgIpc) is 3.17. The number of carbonyl (C=O) groups is 1. The van der Waals surface area contributed by atoms with Gasteiger partial charge in [-0.25, -0.2) is 4.39 Å². The molecule has 0 bridgehead atoms. The number of nitrogens with one attached hydrogen (secondary N) is 1. The maximum atomic E-state index is 13.5.